The van der Waals surface area contributed by atoms with Gasteiger partial charge in [0.2, 0.25) is 0 Å². The van der Waals surface area contributed by atoms with Crippen LogP contribution in [0.1, 0.15) is 11.4 Å². The summed E-state index contributed by atoms with van der Waals surface area (Å²) in [7, 11) is -2.38. The fourth-order valence-corrected chi connectivity index (χ4v) is 2.41. The molecule has 0 unspecified atom stereocenters. The SMILES string of the molecule is COCCn1c(Cc2ccncc2)nnc1S(N)(=O)=O. The molecule has 2 N–H and O–H groups in total. The Morgan fingerprint density at radius 1 is 1.30 bits per heavy atom. The number of rotatable bonds is 6. The highest BCUT2D eigenvalue weighted by atomic mass is 32.2. The molecule has 108 valence electrons. The topological polar surface area (TPSA) is 113 Å². The van der Waals surface area contributed by atoms with Gasteiger partial charge in [0.1, 0.15) is 5.82 Å². The molecule has 0 saturated heterocycles. The van der Waals surface area contributed by atoms with Gasteiger partial charge in [-0.2, -0.15) is 0 Å². The Bertz CT molecular complexity index is 669. The van der Waals surface area contributed by atoms with Gasteiger partial charge < -0.3 is 4.74 Å². The molecule has 2 rings (SSSR count). The van der Waals surface area contributed by atoms with E-state index in [-0.39, 0.29) is 5.16 Å². The van der Waals surface area contributed by atoms with E-state index < -0.39 is 10.0 Å². The van der Waals surface area contributed by atoms with Crippen LogP contribution in [0.2, 0.25) is 0 Å². The van der Waals surface area contributed by atoms with E-state index >= 15 is 0 Å². The summed E-state index contributed by atoms with van der Waals surface area (Å²) in [6.45, 7) is 0.652. The Hall–Kier alpha value is -1.84. The number of pyridine rings is 1. The van der Waals surface area contributed by atoms with Gasteiger partial charge in [0.15, 0.2) is 0 Å². The van der Waals surface area contributed by atoms with Crippen molar-refractivity contribution >= 4 is 10.0 Å². The third-order valence-corrected chi connectivity index (χ3v) is 3.49. The maximum absolute atomic E-state index is 11.5. The number of sulfonamides is 1. The van der Waals surface area contributed by atoms with Crippen LogP contribution in [0.5, 0.6) is 0 Å². The summed E-state index contributed by atoms with van der Waals surface area (Å²) in [5.41, 5.74) is 0.951. The van der Waals surface area contributed by atoms with Crippen LogP contribution in [0.25, 0.3) is 0 Å². The molecule has 0 aromatic carbocycles. The zero-order chi connectivity index (χ0) is 14.6. The fraction of sp³-hybridized carbons (Fsp3) is 0.364. The molecular weight excluding hydrogens is 282 g/mol. The van der Waals surface area contributed by atoms with Crippen LogP contribution in [0.15, 0.2) is 29.7 Å². The Morgan fingerprint density at radius 2 is 2.00 bits per heavy atom. The summed E-state index contributed by atoms with van der Waals surface area (Å²) in [4.78, 5) is 3.92. The summed E-state index contributed by atoms with van der Waals surface area (Å²) in [6, 6.07) is 3.65. The van der Waals surface area contributed by atoms with Gasteiger partial charge in [-0.05, 0) is 17.7 Å². The van der Waals surface area contributed by atoms with E-state index in [9.17, 15) is 8.42 Å². The predicted octanol–water partition coefficient (Wildman–Crippen LogP) is -0.442. The van der Waals surface area contributed by atoms with Crippen molar-refractivity contribution in [2.75, 3.05) is 13.7 Å². The lowest BCUT2D eigenvalue weighted by atomic mass is 10.2. The highest BCUT2D eigenvalue weighted by Crippen LogP contribution is 2.11. The number of hydrogen-bond acceptors (Lipinski definition) is 6. The number of nitrogens with two attached hydrogens (primary N) is 1. The van der Waals surface area contributed by atoms with Gasteiger partial charge in [-0.25, -0.2) is 13.6 Å². The quantitative estimate of drug-likeness (QED) is 0.773. The first-order valence-electron chi connectivity index (χ1n) is 5.85. The average Bonchev–Trinajstić information content (AvgIpc) is 2.80. The van der Waals surface area contributed by atoms with Crippen molar-refractivity contribution in [3.8, 4) is 0 Å². The van der Waals surface area contributed by atoms with Gasteiger partial charge >= 0.3 is 0 Å². The van der Waals surface area contributed by atoms with Crippen molar-refractivity contribution in [1.82, 2.24) is 19.7 Å². The molecule has 0 radical (unpaired) electrons. The number of aromatic nitrogens is 4. The van der Waals surface area contributed by atoms with Gasteiger partial charge in [0.25, 0.3) is 15.2 Å². The van der Waals surface area contributed by atoms with Gasteiger partial charge in [0, 0.05) is 32.5 Å². The zero-order valence-electron chi connectivity index (χ0n) is 10.9. The Morgan fingerprint density at radius 3 is 2.60 bits per heavy atom. The summed E-state index contributed by atoms with van der Waals surface area (Å²) in [5, 5.41) is 12.5. The van der Waals surface area contributed by atoms with E-state index in [0.29, 0.717) is 25.4 Å². The monoisotopic (exact) mass is 297 g/mol. The van der Waals surface area contributed by atoms with Crippen LogP contribution >= 0.6 is 0 Å². The van der Waals surface area contributed by atoms with Crippen molar-refractivity contribution in [2.24, 2.45) is 5.14 Å². The lowest BCUT2D eigenvalue weighted by Gasteiger charge is -2.08. The second-order valence-electron chi connectivity index (χ2n) is 4.12. The fourth-order valence-electron chi connectivity index (χ4n) is 1.75. The smallest absolute Gasteiger partial charge is 0.273 e. The van der Waals surface area contributed by atoms with Crippen LogP contribution in [-0.2, 0) is 27.7 Å². The largest absolute Gasteiger partial charge is 0.383 e. The van der Waals surface area contributed by atoms with Crippen LogP contribution in [0, 0.1) is 0 Å². The Kier molecular flexibility index (Phi) is 4.42. The molecule has 0 aliphatic carbocycles. The van der Waals surface area contributed by atoms with Crippen molar-refractivity contribution in [3.05, 3.63) is 35.9 Å². The van der Waals surface area contributed by atoms with Gasteiger partial charge in [0.05, 0.1) is 6.61 Å². The van der Waals surface area contributed by atoms with Crippen LogP contribution in [0.4, 0.5) is 0 Å². The summed E-state index contributed by atoms with van der Waals surface area (Å²) in [5.74, 6) is 0.511. The maximum atomic E-state index is 11.5. The van der Waals surface area contributed by atoms with Crippen LogP contribution in [-0.4, -0.2) is 41.9 Å². The van der Waals surface area contributed by atoms with Crippen molar-refractivity contribution in [1.29, 1.82) is 0 Å². The minimum absolute atomic E-state index is 0.251. The lowest BCUT2D eigenvalue weighted by Crippen LogP contribution is -2.21. The first-order chi connectivity index (χ1) is 9.52. The summed E-state index contributed by atoms with van der Waals surface area (Å²) in [6.07, 6.45) is 3.76. The molecule has 0 aliphatic heterocycles. The summed E-state index contributed by atoms with van der Waals surface area (Å²) >= 11 is 0. The molecule has 8 nitrogen and oxygen atoms in total. The van der Waals surface area contributed by atoms with E-state index in [4.69, 9.17) is 9.88 Å². The Labute approximate surface area is 116 Å². The third-order valence-electron chi connectivity index (χ3n) is 2.68. The molecule has 20 heavy (non-hydrogen) atoms. The van der Waals surface area contributed by atoms with Gasteiger partial charge in [-0.1, -0.05) is 0 Å². The molecule has 9 heteroatoms. The van der Waals surface area contributed by atoms with Gasteiger partial charge in [-0.3, -0.25) is 9.55 Å². The lowest BCUT2D eigenvalue weighted by molar-refractivity contribution is 0.183. The summed E-state index contributed by atoms with van der Waals surface area (Å²) < 4.78 is 29.4. The number of hydrogen-bond donors (Lipinski definition) is 1. The van der Waals surface area contributed by atoms with Crippen LogP contribution in [0.3, 0.4) is 0 Å². The number of nitrogens with zero attached hydrogens (tertiary/aromatic N) is 4. The normalized spacial score (nSPS) is 11.7. The van der Waals surface area contributed by atoms with Crippen molar-refractivity contribution < 1.29 is 13.2 Å². The number of ether oxygens (including phenoxy) is 1. The first-order valence-corrected chi connectivity index (χ1v) is 7.39. The molecule has 0 fully saturated rings. The predicted molar refractivity (Wildman–Crippen MR) is 70.3 cm³/mol. The first kappa shape index (κ1) is 14.6. The van der Waals surface area contributed by atoms with Gasteiger partial charge in [-0.15, -0.1) is 10.2 Å². The molecule has 0 atom stereocenters. The number of primary sulfonamides is 1. The zero-order valence-corrected chi connectivity index (χ0v) is 11.7. The molecule has 0 saturated carbocycles. The number of methoxy groups -OCH3 is 1. The molecule has 2 aromatic heterocycles. The molecule has 2 aromatic rings. The molecule has 2 heterocycles. The van der Waals surface area contributed by atoms with E-state index in [1.54, 1.807) is 12.4 Å². The van der Waals surface area contributed by atoms with Crippen molar-refractivity contribution in [2.45, 2.75) is 18.1 Å². The molecule has 0 bridgehead atoms. The van der Waals surface area contributed by atoms with Crippen molar-refractivity contribution in [3.63, 3.8) is 0 Å². The minimum Gasteiger partial charge on any atom is -0.383 e. The van der Waals surface area contributed by atoms with E-state index in [2.05, 4.69) is 15.2 Å². The van der Waals surface area contributed by atoms with E-state index in [0.717, 1.165) is 5.56 Å². The highest BCUT2D eigenvalue weighted by molar-refractivity contribution is 7.89. The minimum atomic E-state index is -3.91. The molecule has 0 spiro atoms. The molecular formula is C11H15N5O3S. The average molecular weight is 297 g/mol. The second kappa shape index (κ2) is 6.07. The maximum Gasteiger partial charge on any atom is 0.273 e. The molecule has 0 amide bonds. The van der Waals surface area contributed by atoms with E-state index in [1.807, 2.05) is 12.1 Å². The molecule has 0 aliphatic rings. The van der Waals surface area contributed by atoms with Crippen LogP contribution < -0.4 is 5.14 Å². The van der Waals surface area contributed by atoms with E-state index in [1.165, 1.54) is 11.7 Å². The standard InChI is InChI=1S/C11H15N5O3S/c1-19-7-6-16-10(8-9-2-4-13-5-3-9)14-15-11(16)20(12,17)18/h2-5H,6-8H2,1H3,(H2,12,17,18). The third kappa shape index (κ3) is 3.38. The second-order valence-corrected chi connectivity index (χ2v) is 5.58. The Balaban J connectivity index is 2.35. The highest BCUT2D eigenvalue weighted by Gasteiger charge is 2.20.